The monoisotopic (exact) mass is 398 g/mol. The fraction of sp³-hybridized carbons (Fsp3) is 0.458. The highest BCUT2D eigenvalue weighted by Crippen LogP contribution is 2.34. The Kier molecular flexibility index (Phi) is 8.13. The molecule has 0 N–H and O–H groups in total. The standard InChI is InChI=1S/C24H30O3S/c1-3-5-13-26-23(27-14-6-4-2)16-18-11-12-21-22(15-18)28-17-19-9-7-8-10-20(19)24(21)25/h7-12,15,23H,3-6,13-14,16-17H2,1-2H3. The molecule has 3 nitrogen and oxygen atoms in total. The zero-order valence-electron chi connectivity index (χ0n) is 16.9. The molecule has 0 amide bonds. The van der Waals surface area contributed by atoms with Crippen LogP contribution in [0.3, 0.4) is 0 Å². The maximum Gasteiger partial charge on any atom is 0.194 e. The average Bonchev–Trinajstić information content (AvgIpc) is 2.85. The summed E-state index contributed by atoms with van der Waals surface area (Å²) in [6.45, 7) is 5.77. The topological polar surface area (TPSA) is 35.5 Å². The number of carbonyl (C=O) groups excluding carboxylic acids is 1. The lowest BCUT2D eigenvalue weighted by Gasteiger charge is -2.19. The summed E-state index contributed by atoms with van der Waals surface area (Å²) in [4.78, 5) is 14.0. The Hall–Kier alpha value is -1.62. The van der Waals surface area contributed by atoms with Gasteiger partial charge in [-0.15, -0.1) is 11.8 Å². The maximum absolute atomic E-state index is 12.9. The van der Waals surface area contributed by atoms with E-state index in [1.165, 1.54) is 0 Å². The van der Waals surface area contributed by atoms with E-state index in [-0.39, 0.29) is 12.1 Å². The number of hydrogen-bond acceptors (Lipinski definition) is 4. The van der Waals surface area contributed by atoms with Crippen molar-refractivity contribution in [3.05, 3.63) is 64.7 Å². The Morgan fingerprint density at radius 3 is 2.39 bits per heavy atom. The Labute approximate surface area is 172 Å². The molecule has 0 aliphatic carbocycles. The van der Waals surface area contributed by atoms with Gasteiger partial charge in [-0.25, -0.2) is 0 Å². The van der Waals surface area contributed by atoms with E-state index in [0.29, 0.717) is 6.42 Å². The first kappa shape index (κ1) is 21.1. The molecular weight excluding hydrogens is 368 g/mol. The summed E-state index contributed by atoms with van der Waals surface area (Å²) in [5, 5.41) is 0. The van der Waals surface area contributed by atoms with Crippen molar-refractivity contribution in [2.75, 3.05) is 13.2 Å². The summed E-state index contributed by atoms with van der Waals surface area (Å²) >= 11 is 1.74. The predicted octanol–water partition coefficient (Wildman–Crippen LogP) is 6.03. The average molecular weight is 399 g/mol. The minimum absolute atomic E-state index is 0.122. The summed E-state index contributed by atoms with van der Waals surface area (Å²) in [5.41, 5.74) is 3.89. The van der Waals surface area contributed by atoms with Gasteiger partial charge in [0.1, 0.15) is 0 Å². The molecule has 0 unspecified atom stereocenters. The lowest BCUT2D eigenvalue weighted by atomic mass is 9.98. The summed E-state index contributed by atoms with van der Waals surface area (Å²) in [5.74, 6) is 0.944. The summed E-state index contributed by atoms with van der Waals surface area (Å²) in [6.07, 6.45) is 4.79. The highest BCUT2D eigenvalue weighted by molar-refractivity contribution is 7.98. The van der Waals surface area contributed by atoms with Crippen LogP contribution in [0, 0.1) is 0 Å². The van der Waals surface area contributed by atoms with Crippen LogP contribution in [0.5, 0.6) is 0 Å². The van der Waals surface area contributed by atoms with Crippen LogP contribution in [0.4, 0.5) is 0 Å². The smallest absolute Gasteiger partial charge is 0.194 e. The molecule has 0 atom stereocenters. The highest BCUT2D eigenvalue weighted by atomic mass is 32.2. The molecule has 0 bridgehead atoms. The van der Waals surface area contributed by atoms with Gasteiger partial charge in [0.15, 0.2) is 12.1 Å². The molecule has 2 aromatic carbocycles. The molecule has 0 fully saturated rings. The van der Waals surface area contributed by atoms with Crippen molar-refractivity contribution in [1.82, 2.24) is 0 Å². The molecule has 0 saturated carbocycles. The van der Waals surface area contributed by atoms with Gasteiger partial charge in [0.05, 0.1) is 0 Å². The van der Waals surface area contributed by atoms with E-state index in [1.807, 2.05) is 36.4 Å². The second kappa shape index (κ2) is 10.8. The van der Waals surface area contributed by atoms with Gasteiger partial charge in [-0.2, -0.15) is 0 Å². The van der Waals surface area contributed by atoms with Crippen LogP contribution in [0.15, 0.2) is 47.4 Å². The normalized spacial score (nSPS) is 13.3. The van der Waals surface area contributed by atoms with Gasteiger partial charge in [-0.1, -0.05) is 57.0 Å². The number of rotatable bonds is 10. The number of hydrogen-bond donors (Lipinski definition) is 0. The second-order valence-corrected chi connectivity index (χ2v) is 8.21. The van der Waals surface area contributed by atoms with E-state index in [0.717, 1.165) is 71.8 Å². The number of benzene rings is 2. The van der Waals surface area contributed by atoms with Gasteiger partial charge in [-0.3, -0.25) is 4.79 Å². The van der Waals surface area contributed by atoms with Crippen molar-refractivity contribution in [2.45, 2.75) is 62.9 Å². The van der Waals surface area contributed by atoms with Crippen molar-refractivity contribution < 1.29 is 14.3 Å². The third-order valence-corrected chi connectivity index (χ3v) is 6.05. The molecular formula is C24H30O3S. The molecule has 3 rings (SSSR count). The van der Waals surface area contributed by atoms with E-state index in [2.05, 4.69) is 19.9 Å². The molecule has 2 aromatic rings. The third kappa shape index (κ3) is 5.47. The van der Waals surface area contributed by atoms with Crippen LogP contribution < -0.4 is 0 Å². The number of unbranched alkanes of at least 4 members (excludes halogenated alkanes) is 2. The van der Waals surface area contributed by atoms with Crippen molar-refractivity contribution in [3.8, 4) is 0 Å². The lowest BCUT2D eigenvalue weighted by molar-refractivity contribution is -0.142. The molecule has 4 heteroatoms. The molecule has 28 heavy (non-hydrogen) atoms. The highest BCUT2D eigenvalue weighted by Gasteiger charge is 2.22. The molecule has 0 aromatic heterocycles. The van der Waals surface area contributed by atoms with Crippen LogP contribution >= 0.6 is 11.8 Å². The van der Waals surface area contributed by atoms with E-state index >= 15 is 0 Å². The van der Waals surface area contributed by atoms with Gasteiger partial charge < -0.3 is 9.47 Å². The fourth-order valence-electron chi connectivity index (χ4n) is 3.25. The number of thioether (sulfide) groups is 1. The van der Waals surface area contributed by atoms with Gasteiger partial charge >= 0.3 is 0 Å². The zero-order valence-corrected chi connectivity index (χ0v) is 17.7. The molecule has 1 aliphatic rings. The first-order chi connectivity index (χ1) is 13.7. The Morgan fingerprint density at radius 2 is 1.68 bits per heavy atom. The predicted molar refractivity (Wildman–Crippen MR) is 115 cm³/mol. The van der Waals surface area contributed by atoms with Gasteiger partial charge in [0.25, 0.3) is 0 Å². The molecule has 0 spiro atoms. The largest absolute Gasteiger partial charge is 0.352 e. The van der Waals surface area contributed by atoms with Gasteiger partial charge in [0, 0.05) is 41.4 Å². The number of ketones is 1. The van der Waals surface area contributed by atoms with Gasteiger partial charge in [0.2, 0.25) is 0 Å². The van der Waals surface area contributed by atoms with E-state index in [1.54, 1.807) is 11.8 Å². The van der Waals surface area contributed by atoms with Crippen LogP contribution in [-0.4, -0.2) is 25.3 Å². The van der Waals surface area contributed by atoms with E-state index in [9.17, 15) is 4.79 Å². The molecule has 0 radical (unpaired) electrons. The Bertz CT molecular complexity index is 777. The van der Waals surface area contributed by atoms with Crippen molar-refractivity contribution in [3.63, 3.8) is 0 Å². The quantitative estimate of drug-likeness (QED) is 0.362. The van der Waals surface area contributed by atoms with Gasteiger partial charge in [-0.05, 0) is 36.1 Å². The second-order valence-electron chi connectivity index (χ2n) is 7.19. The van der Waals surface area contributed by atoms with Crippen molar-refractivity contribution in [2.24, 2.45) is 0 Å². The maximum atomic E-state index is 12.9. The first-order valence-corrected chi connectivity index (χ1v) is 11.3. The first-order valence-electron chi connectivity index (χ1n) is 10.3. The third-order valence-electron chi connectivity index (χ3n) is 4.94. The van der Waals surface area contributed by atoms with Crippen LogP contribution in [0.1, 0.15) is 66.6 Å². The Morgan fingerprint density at radius 1 is 0.964 bits per heavy atom. The molecule has 0 saturated heterocycles. The molecule has 150 valence electrons. The summed E-state index contributed by atoms with van der Waals surface area (Å²) < 4.78 is 12.0. The zero-order chi connectivity index (χ0) is 19.8. The van der Waals surface area contributed by atoms with E-state index < -0.39 is 0 Å². The summed E-state index contributed by atoms with van der Waals surface area (Å²) in [6, 6.07) is 14.1. The number of carbonyl (C=O) groups is 1. The fourth-order valence-corrected chi connectivity index (χ4v) is 4.36. The minimum Gasteiger partial charge on any atom is -0.352 e. The number of fused-ring (bicyclic) bond motifs is 2. The lowest BCUT2D eigenvalue weighted by Crippen LogP contribution is -2.21. The summed E-state index contributed by atoms with van der Waals surface area (Å²) in [7, 11) is 0. The Balaban J connectivity index is 1.73. The van der Waals surface area contributed by atoms with E-state index in [4.69, 9.17) is 9.47 Å². The SMILES string of the molecule is CCCCOC(Cc1ccc2c(c1)SCc1ccccc1C2=O)OCCCC. The molecule has 1 heterocycles. The van der Waals surface area contributed by atoms with Crippen molar-refractivity contribution >= 4 is 17.5 Å². The van der Waals surface area contributed by atoms with Crippen LogP contribution in [0.2, 0.25) is 0 Å². The minimum atomic E-state index is -0.222. The number of ether oxygens (including phenoxy) is 2. The molecule has 1 aliphatic heterocycles. The van der Waals surface area contributed by atoms with Crippen molar-refractivity contribution in [1.29, 1.82) is 0 Å². The van der Waals surface area contributed by atoms with Crippen LogP contribution in [0.25, 0.3) is 0 Å². The van der Waals surface area contributed by atoms with Crippen LogP contribution in [-0.2, 0) is 21.6 Å².